The van der Waals surface area contributed by atoms with Gasteiger partial charge in [0.2, 0.25) is 0 Å². The van der Waals surface area contributed by atoms with Gasteiger partial charge in [0.1, 0.15) is 0 Å². The van der Waals surface area contributed by atoms with Gasteiger partial charge in [-0.05, 0) is 32.6 Å². The summed E-state index contributed by atoms with van der Waals surface area (Å²) in [6.07, 6.45) is 8.40. The Balaban J connectivity index is 2.15. The van der Waals surface area contributed by atoms with E-state index in [1.165, 1.54) is 12.8 Å². The summed E-state index contributed by atoms with van der Waals surface area (Å²) in [6, 6.07) is 0.484. The van der Waals surface area contributed by atoms with Crippen molar-refractivity contribution in [1.29, 1.82) is 0 Å². The lowest BCUT2D eigenvalue weighted by atomic mass is 10.0. The van der Waals surface area contributed by atoms with Crippen LogP contribution < -0.4 is 5.32 Å². The summed E-state index contributed by atoms with van der Waals surface area (Å²) in [6.45, 7) is 6.63. The van der Waals surface area contributed by atoms with Crippen molar-refractivity contribution in [3.05, 3.63) is 12.7 Å². The molecule has 0 spiro atoms. The van der Waals surface area contributed by atoms with Gasteiger partial charge in [-0.25, -0.2) is 0 Å². The van der Waals surface area contributed by atoms with Gasteiger partial charge >= 0.3 is 0 Å². The maximum absolute atomic E-state index is 10.1. The molecule has 0 radical (unpaired) electrons. The first kappa shape index (κ1) is 11.7. The highest BCUT2D eigenvalue weighted by Crippen LogP contribution is 2.28. The van der Waals surface area contributed by atoms with E-state index in [0.717, 1.165) is 32.2 Å². The van der Waals surface area contributed by atoms with Crippen molar-refractivity contribution in [2.75, 3.05) is 6.54 Å². The maximum atomic E-state index is 10.1. The Morgan fingerprint density at radius 3 is 2.71 bits per heavy atom. The predicted octanol–water partition coefficient (Wildman–Crippen LogP) is 2.24. The summed E-state index contributed by atoms with van der Waals surface area (Å²) in [7, 11) is 0. The summed E-state index contributed by atoms with van der Waals surface area (Å²) in [5.41, 5.74) is -0.414. The molecule has 1 aliphatic rings. The van der Waals surface area contributed by atoms with Crippen LogP contribution in [0, 0.1) is 0 Å². The minimum atomic E-state index is -0.414. The van der Waals surface area contributed by atoms with Crippen LogP contribution in [0.4, 0.5) is 0 Å². The zero-order valence-electron chi connectivity index (χ0n) is 9.26. The molecular formula is C12H23NO. The molecule has 2 heteroatoms. The highest BCUT2D eigenvalue weighted by molar-refractivity contribution is 4.87. The van der Waals surface area contributed by atoms with Gasteiger partial charge < -0.3 is 10.4 Å². The molecule has 14 heavy (non-hydrogen) atoms. The molecule has 1 unspecified atom stereocenters. The fraction of sp³-hybridized carbons (Fsp3) is 0.833. The van der Waals surface area contributed by atoms with Crippen LogP contribution in [-0.4, -0.2) is 23.3 Å². The topological polar surface area (TPSA) is 32.3 Å². The summed E-state index contributed by atoms with van der Waals surface area (Å²) in [5, 5.41) is 13.5. The highest BCUT2D eigenvalue weighted by atomic mass is 16.3. The summed E-state index contributed by atoms with van der Waals surface area (Å²) in [5.74, 6) is 0. The Hall–Kier alpha value is -0.340. The minimum Gasteiger partial charge on any atom is -0.389 e. The molecule has 2 N–H and O–H groups in total. The Kier molecular flexibility index (Phi) is 4.63. The molecule has 0 bridgehead atoms. The number of rotatable bonds is 6. The van der Waals surface area contributed by atoms with Crippen LogP contribution in [0.2, 0.25) is 0 Å². The van der Waals surface area contributed by atoms with Gasteiger partial charge in [-0.1, -0.05) is 18.9 Å². The van der Waals surface area contributed by atoms with E-state index in [-0.39, 0.29) is 0 Å². The predicted molar refractivity (Wildman–Crippen MR) is 60.3 cm³/mol. The molecule has 1 aliphatic carbocycles. The molecule has 1 fully saturated rings. The molecule has 0 amide bonds. The Morgan fingerprint density at radius 2 is 2.14 bits per heavy atom. The number of allylic oxidation sites excluding steroid dienone is 1. The van der Waals surface area contributed by atoms with E-state index in [9.17, 15) is 5.11 Å². The van der Waals surface area contributed by atoms with Gasteiger partial charge in [-0.2, -0.15) is 0 Å². The quantitative estimate of drug-likeness (QED) is 0.640. The van der Waals surface area contributed by atoms with Crippen molar-refractivity contribution in [3.63, 3.8) is 0 Å². The molecule has 0 aromatic rings. The molecular weight excluding hydrogens is 174 g/mol. The SMILES string of the molecule is C=CCCC(C)NCC1(O)CCCC1. The summed E-state index contributed by atoms with van der Waals surface area (Å²) in [4.78, 5) is 0. The standard InChI is InChI=1S/C12H23NO/c1-3-4-7-11(2)13-10-12(14)8-5-6-9-12/h3,11,13-14H,1,4-10H2,2H3. The third-order valence-electron chi connectivity index (χ3n) is 3.12. The van der Waals surface area contributed by atoms with Crippen molar-refractivity contribution in [1.82, 2.24) is 5.32 Å². The van der Waals surface area contributed by atoms with Crippen LogP contribution in [0.15, 0.2) is 12.7 Å². The average Bonchev–Trinajstić information content (AvgIpc) is 2.60. The van der Waals surface area contributed by atoms with E-state index in [1.807, 2.05) is 6.08 Å². The first-order valence-electron chi connectivity index (χ1n) is 5.73. The number of hydrogen-bond donors (Lipinski definition) is 2. The van der Waals surface area contributed by atoms with E-state index in [4.69, 9.17) is 0 Å². The third kappa shape index (κ3) is 3.81. The van der Waals surface area contributed by atoms with Gasteiger partial charge in [0.25, 0.3) is 0 Å². The Morgan fingerprint density at radius 1 is 1.50 bits per heavy atom. The molecule has 0 heterocycles. The molecule has 1 rings (SSSR count). The van der Waals surface area contributed by atoms with Crippen LogP contribution >= 0.6 is 0 Å². The second-order valence-corrected chi connectivity index (χ2v) is 4.58. The largest absolute Gasteiger partial charge is 0.389 e. The molecule has 1 atom stereocenters. The van der Waals surface area contributed by atoms with E-state index >= 15 is 0 Å². The lowest BCUT2D eigenvalue weighted by Gasteiger charge is -2.25. The fourth-order valence-electron chi connectivity index (χ4n) is 2.04. The highest BCUT2D eigenvalue weighted by Gasteiger charge is 2.30. The molecule has 0 aromatic carbocycles. The monoisotopic (exact) mass is 197 g/mol. The normalized spacial score (nSPS) is 22.1. The molecule has 0 saturated heterocycles. The molecule has 1 saturated carbocycles. The second-order valence-electron chi connectivity index (χ2n) is 4.58. The van der Waals surface area contributed by atoms with Crippen LogP contribution in [-0.2, 0) is 0 Å². The van der Waals surface area contributed by atoms with Crippen LogP contribution in [0.25, 0.3) is 0 Å². The number of hydrogen-bond acceptors (Lipinski definition) is 2. The Bertz CT molecular complexity index is 173. The minimum absolute atomic E-state index is 0.414. The van der Waals surface area contributed by atoms with Gasteiger partial charge in [0.15, 0.2) is 0 Å². The Labute approximate surface area is 87.4 Å². The molecule has 0 aromatic heterocycles. The van der Waals surface area contributed by atoms with E-state index in [0.29, 0.717) is 6.04 Å². The zero-order valence-corrected chi connectivity index (χ0v) is 9.26. The third-order valence-corrected chi connectivity index (χ3v) is 3.12. The van der Waals surface area contributed by atoms with Gasteiger partial charge in [0, 0.05) is 12.6 Å². The molecule has 82 valence electrons. The van der Waals surface area contributed by atoms with E-state index < -0.39 is 5.60 Å². The van der Waals surface area contributed by atoms with E-state index in [1.54, 1.807) is 0 Å². The second kappa shape index (κ2) is 5.52. The van der Waals surface area contributed by atoms with Crippen LogP contribution in [0.1, 0.15) is 45.4 Å². The lowest BCUT2D eigenvalue weighted by molar-refractivity contribution is 0.0451. The lowest BCUT2D eigenvalue weighted by Crippen LogP contribution is -2.41. The first-order chi connectivity index (χ1) is 6.66. The molecule has 2 nitrogen and oxygen atoms in total. The van der Waals surface area contributed by atoms with Crippen molar-refractivity contribution in [3.8, 4) is 0 Å². The van der Waals surface area contributed by atoms with Crippen molar-refractivity contribution in [2.24, 2.45) is 0 Å². The average molecular weight is 197 g/mol. The van der Waals surface area contributed by atoms with Crippen molar-refractivity contribution < 1.29 is 5.11 Å². The van der Waals surface area contributed by atoms with Crippen LogP contribution in [0.5, 0.6) is 0 Å². The van der Waals surface area contributed by atoms with Gasteiger partial charge in [0.05, 0.1) is 5.60 Å². The number of aliphatic hydroxyl groups is 1. The maximum Gasteiger partial charge on any atom is 0.0771 e. The molecule has 0 aliphatic heterocycles. The summed E-state index contributed by atoms with van der Waals surface area (Å²) < 4.78 is 0. The van der Waals surface area contributed by atoms with E-state index in [2.05, 4.69) is 18.8 Å². The van der Waals surface area contributed by atoms with Gasteiger partial charge in [-0.3, -0.25) is 0 Å². The van der Waals surface area contributed by atoms with Crippen molar-refractivity contribution >= 4 is 0 Å². The zero-order chi connectivity index (χ0) is 10.4. The first-order valence-corrected chi connectivity index (χ1v) is 5.73. The van der Waals surface area contributed by atoms with Crippen LogP contribution in [0.3, 0.4) is 0 Å². The number of nitrogens with one attached hydrogen (secondary N) is 1. The smallest absolute Gasteiger partial charge is 0.0771 e. The summed E-state index contributed by atoms with van der Waals surface area (Å²) >= 11 is 0. The van der Waals surface area contributed by atoms with Crippen molar-refractivity contribution in [2.45, 2.75) is 57.1 Å². The fourth-order valence-corrected chi connectivity index (χ4v) is 2.04. The van der Waals surface area contributed by atoms with Gasteiger partial charge in [-0.15, -0.1) is 6.58 Å².